The van der Waals surface area contributed by atoms with Gasteiger partial charge in [0.1, 0.15) is 0 Å². The van der Waals surface area contributed by atoms with Crippen LogP contribution in [-0.2, 0) is 4.79 Å². The standard InChI is InChI=1S/C23H47N3O3/c1-5-9-10-11-12-13-14-15-16-17-18-24-23(29)25-21(19-22(27)28)20-26(6-2,7-3)8-4/h21H,5-20H2,1-4H3,(H2-,24,25,27,28,29)/t21-/m1/s1. The minimum atomic E-state index is -1.12. The molecule has 0 aromatic rings. The third kappa shape index (κ3) is 14.3. The van der Waals surface area contributed by atoms with E-state index in [4.69, 9.17) is 0 Å². The second kappa shape index (κ2) is 17.5. The highest BCUT2D eigenvalue weighted by Gasteiger charge is 2.27. The third-order valence-corrected chi connectivity index (χ3v) is 6.18. The molecule has 0 saturated heterocycles. The van der Waals surface area contributed by atoms with Crippen LogP contribution in [0.5, 0.6) is 0 Å². The highest BCUT2D eigenvalue weighted by atomic mass is 16.4. The normalized spacial score (nSPS) is 12.6. The van der Waals surface area contributed by atoms with Crippen molar-refractivity contribution in [2.45, 2.75) is 104 Å². The zero-order valence-electron chi connectivity index (χ0n) is 19.6. The van der Waals surface area contributed by atoms with Crippen molar-refractivity contribution in [2.24, 2.45) is 0 Å². The van der Waals surface area contributed by atoms with Crippen molar-refractivity contribution in [3.63, 3.8) is 0 Å². The van der Waals surface area contributed by atoms with Crippen LogP contribution in [0.1, 0.15) is 98.3 Å². The number of carbonyl (C=O) groups excluding carboxylic acids is 2. The lowest BCUT2D eigenvalue weighted by atomic mass is 10.1. The number of hydrogen-bond donors (Lipinski definition) is 2. The van der Waals surface area contributed by atoms with Gasteiger partial charge in [-0.2, -0.15) is 0 Å². The molecule has 0 rings (SSSR count). The summed E-state index contributed by atoms with van der Waals surface area (Å²) < 4.78 is 0.788. The number of urea groups is 1. The minimum Gasteiger partial charge on any atom is -0.550 e. The van der Waals surface area contributed by atoms with Gasteiger partial charge in [-0.3, -0.25) is 0 Å². The predicted octanol–water partition coefficient (Wildman–Crippen LogP) is 3.59. The van der Waals surface area contributed by atoms with Crippen LogP contribution in [-0.4, -0.2) is 55.2 Å². The van der Waals surface area contributed by atoms with Crippen molar-refractivity contribution in [1.82, 2.24) is 10.6 Å². The Labute approximate surface area is 179 Å². The van der Waals surface area contributed by atoms with Gasteiger partial charge in [0.2, 0.25) is 0 Å². The molecule has 29 heavy (non-hydrogen) atoms. The van der Waals surface area contributed by atoms with E-state index in [9.17, 15) is 14.7 Å². The molecular weight excluding hydrogens is 366 g/mol. The molecule has 172 valence electrons. The molecule has 1 atom stereocenters. The molecule has 0 aromatic carbocycles. The Bertz CT molecular complexity index is 417. The van der Waals surface area contributed by atoms with Crippen molar-refractivity contribution in [3.8, 4) is 0 Å². The van der Waals surface area contributed by atoms with Gasteiger partial charge in [0.15, 0.2) is 0 Å². The molecule has 0 saturated carbocycles. The molecule has 6 heteroatoms. The van der Waals surface area contributed by atoms with E-state index >= 15 is 0 Å². The monoisotopic (exact) mass is 413 g/mol. The average molecular weight is 414 g/mol. The van der Waals surface area contributed by atoms with Crippen LogP contribution in [0.15, 0.2) is 0 Å². The summed E-state index contributed by atoms with van der Waals surface area (Å²) in [7, 11) is 0. The molecule has 0 aliphatic carbocycles. The Hall–Kier alpha value is -1.30. The number of carboxylic acid groups (broad SMARTS) is 1. The summed E-state index contributed by atoms with van der Waals surface area (Å²) in [6, 6.07) is -0.679. The highest BCUT2D eigenvalue weighted by molar-refractivity contribution is 5.75. The third-order valence-electron chi connectivity index (χ3n) is 6.18. The molecule has 0 aliphatic heterocycles. The number of hydrogen-bond acceptors (Lipinski definition) is 3. The van der Waals surface area contributed by atoms with Crippen molar-refractivity contribution in [3.05, 3.63) is 0 Å². The van der Waals surface area contributed by atoms with Crippen LogP contribution >= 0.6 is 0 Å². The summed E-state index contributed by atoms with van der Waals surface area (Å²) >= 11 is 0. The maximum absolute atomic E-state index is 12.2. The Morgan fingerprint density at radius 2 is 1.28 bits per heavy atom. The van der Waals surface area contributed by atoms with Crippen molar-refractivity contribution in [2.75, 3.05) is 32.7 Å². The molecule has 0 radical (unpaired) electrons. The molecule has 2 N–H and O–H groups in total. The van der Waals surface area contributed by atoms with Gasteiger partial charge in [-0.1, -0.05) is 64.7 Å². The molecule has 0 fully saturated rings. The van der Waals surface area contributed by atoms with Gasteiger partial charge in [-0.05, 0) is 27.2 Å². The molecule has 6 nitrogen and oxygen atoms in total. The first kappa shape index (κ1) is 27.7. The molecule has 0 aromatic heterocycles. The number of rotatable bonds is 19. The predicted molar refractivity (Wildman–Crippen MR) is 119 cm³/mol. The van der Waals surface area contributed by atoms with Crippen LogP contribution in [0.4, 0.5) is 4.79 Å². The number of quaternary nitrogens is 1. The van der Waals surface area contributed by atoms with E-state index in [1.807, 2.05) is 0 Å². The van der Waals surface area contributed by atoms with Crippen LogP contribution in [0, 0.1) is 0 Å². The molecule has 0 bridgehead atoms. The first-order valence-electron chi connectivity index (χ1n) is 12.0. The summed E-state index contributed by atoms with van der Waals surface area (Å²) in [5.74, 6) is -1.12. The Kier molecular flexibility index (Phi) is 16.8. The topological polar surface area (TPSA) is 81.3 Å². The first-order chi connectivity index (χ1) is 13.9. The zero-order chi connectivity index (χ0) is 22.0. The lowest BCUT2D eigenvalue weighted by Crippen LogP contribution is -2.57. The van der Waals surface area contributed by atoms with Gasteiger partial charge in [-0.25, -0.2) is 4.79 Å². The lowest BCUT2D eigenvalue weighted by Gasteiger charge is -2.39. The van der Waals surface area contributed by atoms with Gasteiger partial charge in [0.25, 0.3) is 0 Å². The van der Waals surface area contributed by atoms with Crippen molar-refractivity contribution >= 4 is 12.0 Å². The van der Waals surface area contributed by atoms with Crippen molar-refractivity contribution in [1.29, 1.82) is 0 Å². The fourth-order valence-electron chi connectivity index (χ4n) is 3.94. The zero-order valence-corrected chi connectivity index (χ0v) is 19.6. The van der Waals surface area contributed by atoms with Crippen LogP contribution in [0.2, 0.25) is 0 Å². The summed E-state index contributed by atoms with van der Waals surface area (Å²) in [4.78, 5) is 23.3. The van der Waals surface area contributed by atoms with E-state index in [-0.39, 0.29) is 12.5 Å². The number of aliphatic carboxylic acids is 1. The Morgan fingerprint density at radius 1 is 0.793 bits per heavy atom. The molecule has 0 heterocycles. The molecule has 2 amide bonds. The van der Waals surface area contributed by atoms with Gasteiger partial charge >= 0.3 is 6.03 Å². The summed E-state index contributed by atoms with van der Waals surface area (Å²) in [6.07, 6.45) is 12.5. The van der Waals surface area contributed by atoms with Crippen LogP contribution < -0.4 is 15.7 Å². The number of nitrogens with zero attached hydrogens (tertiary/aromatic N) is 1. The number of nitrogens with one attached hydrogen (secondary N) is 2. The number of carbonyl (C=O) groups is 2. The number of unbranched alkanes of at least 4 members (excludes halogenated alkanes) is 9. The fraction of sp³-hybridized carbons (Fsp3) is 0.913. The van der Waals surface area contributed by atoms with E-state index < -0.39 is 12.0 Å². The van der Waals surface area contributed by atoms with E-state index in [0.717, 1.165) is 37.0 Å². The molecule has 0 unspecified atom stereocenters. The average Bonchev–Trinajstić information content (AvgIpc) is 2.69. The largest absolute Gasteiger partial charge is 0.550 e. The molecular formula is C23H47N3O3. The quantitative estimate of drug-likeness (QED) is 0.251. The second-order valence-electron chi connectivity index (χ2n) is 8.33. The second-order valence-corrected chi connectivity index (χ2v) is 8.33. The van der Waals surface area contributed by atoms with E-state index in [2.05, 4.69) is 38.3 Å². The van der Waals surface area contributed by atoms with Gasteiger partial charge < -0.3 is 25.0 Å². The smallest absolute Gasteiger partial charge is 0.315 e. The van der Waals surface area contributed by atoms with E-state index in [0.29, 0.717) is 13.1 Å². The Morgan fingerprint density at radius 3 is 1.72 bits per heavy atom. The van der Waals surface area contributed by atoms with Crippen LogP contribution in [0.3, 0.4) is 0 Å². The molecule has 0 spiro atoms. The maximum atomic E-state index is 12.2. The van der Waals surface area contributed by atoms with Crippen LogP contribution in [0.25, 0.3) is 0 Å². The summed E-state index contributed by atoms with van der Waals surface area (Å²) in [5.41, 5.74) is 0. The summed E-state index contributed by atoms with van der Waals surface area (Å²) in [6.45, 7) is 12.6. The highest BCUT2D eigenvalue weighted by Crippen LogP contribution is 2.11. The number of carboxylic acids is 1. The fourth-order valence-corrected chi connectivity index (χ4v) is 3.94. The van der Waals surface area contributed by atoms with Gasteiger partial charge in [0.05, 0.1) is 32.2 Å². The SMILES string of the molecule is CCCCCCCCCCCCNC(=O)N[C@H](CC(=O)[O-])C[N+](CC)(CC)CC. The Balaban J connectivity index is 4.04. The van der Waals surface area contributed by atoms with Crippen molar-refractivity contribution < 1.29 is 19.2 Å². The lowest BCUT2D eigenvalue weighted by molar-refractivity contribution is -0.924. The number of amides is 2. The molecule has 0 aliphatic rings. The maximum Gasteiger partial charge on any atom is 0.315 e. The summed E-state index contributed by atoms with van der Waals surface area (Å²) in [5, 5.41) is 16.8. The van der Waals surface area contributed by atoms with Gasteiger partial charge in [-0.15, -0.1) is 0 Å². The van der Waals surface area contributed by atoms with E-state index in [1.165, 1.54) is 51.4 Å². The minimum absolute atomic E-state index is 0.147. The van der Waals surface area contributed by atoms with Gasteiger partial charge in [0, 0.05) is 18.9 Å². The van der Waals surface area contributed by atoms with E-state index in [1.54, 1.807) is 0 Å². The number of likely N-dealkylation sites (N-methyl/N-ethyl adjacent to an activating group) is 1. The first-order valence-corrected chi connectivity index (χ1v) is 12.0.